The highest BCUT2D eigenvalue weighted by molar-refractivity contribution is 9.10. The Hall–Kier alpha value is -1.08. The maximum absolute atomic E-state index is 7.92. The van der Waals surface area contributed by atoms with Crippen molar-refractivity contribution >= 4 is 15.9 Å². The Morgan fingerprint density at radius 2 is 1.41 bits per heavy atom. The summed E-state index contributed by atoms with van der Waals surface area (Å²) < 4.78 is 45.4. The molecule has 0 amide bonds. The summed E-state index contributed by atoms with van der Waals surface area (Å²) in [7, 11) is 0. The Bertz CT molecular complexity index is 687. The van der Waals surface area contributed by atoms with Crippen molar-refractivity contribution in [2.75, 3.05) is 0 Å². The molecule has 0 fully saturated rings. The first-order valence-electron chi connectivity index (χ1n) is 8.46. The smallest absolute Gasteiger partial charge is 0.0311 e. The first kappa shape index (κ1) is 6.19. The second kappa shape index (κ2) is 3.71. The molecule has 0 aliphatic heterocycles. The summed E-state index contributed by atoms with van der Waals surface area (Å²) in [5.41, 5.74) is 3.26. The van der Waals surface area contributed by atoms with E-state index in [-0.39, 0.29) is 0 Å². The van der Waals surface area contributed by atoms with Crippen molar-refractivity contribution in [2.24, 2.45) is 0 Å². The Balaban J connectivity index is 2.34. The summed E-state index contributed by atoms with van der Waals surface area (Å²) in [6, 6.07) is 14.8. The van der Waals surface area contributed by atoms with E-state index in [2.05, 4.69) is 15.9 Å². The Morgan fingerprint density at radius 3 is 1.88 bits per heavy atom. The van der Waals surface area contributed by atoms with E-state index < -0.39 is 23.9 Å². The third-order valence-corrected chi connectivity index (χ3v) is 3.69. The SMILES string of the molecule is [2H]C([2H])([2H])C(Br)(C1c2ccccc2-c2ccccc21)C([2H])([2H])[2H]. The van der Waals surface area contributed by atoms with Crippen LogP contribution in [0.25, 0.3) is 11.1 Å². The Morgan fingerprint density at radius 1 is 0.941 bits per heavy atom. The zero-order valence-electron chi connectivity index (χ0n) is 15.1. The largest absolute Gasteiger partial charge is 0.0849 e. The van der Waals surface area contributed by atoms with Crippen molar-refractivity contribution in [3.8, 4) is 11.1 Å². The molecule has 0 nitrogen and oxygen atoms in total. The van der Waals surface area contributed by atoms with E-state index in [0.717, 1.165) is 22.3 Å². The molecule has 0 atom stereocenters. The topological polar surface area (TPSA) is 0 Å². The lowest BCUT2D eigenvalue weighted by atomic mass is 9.86. The van der Waals surface area contributed by atoms with Crippen LogP contribution in [0.5, 0.6) is 0 Å². The molecule has 17 heavy (non-hydrogen) atoms. The maximum Gasteiger partial charge on any atom is 0.0311 e. The minimum Gasteiger partial charge on any atom is -0.0849 e. The molecular weight excluding hydrogens is 272 g/mol. The van der Waals surface area contributed by atoms with E-state index in [1.54, 1.807) is 0 Å². The quantitative estimate of drug-likeness (QED) is 0.651. The normalized spacial score (nSPS) is 21.2. The van der Waals surface area contributed by atoms with Crippen LogP contribution in [0.3, 0.4) is 0 Å². The lowest BCUT2D eigenvalue weighted by Gasteiger charge is -2.27. The molecule has 2 aromatic carbocycles. The first-order chi connectivity index (χ1) is 10.6. The summed E-state index contributed by atoms with van der Waals surface area (Å²) in [5, 5.41) is 0. The summed E-state index contributed by atoms with van der Waals surface area (Å²) >= 11 is 3.17. The van der Waals surface area contributed by atoms with E-state index >= 15 is 0 Å². The molecule has 1 aliphatic carbocycles. The van der Waals surface area contributed by atoms with Crippen LogP contribution in [0.4, 0.5) is 0 Å². The molecule has 2 aromatic rings. The number of hydrogen-bond donors (Lipinski definition) is 0. The van der Waals surface area contributed by atoms with Gasteiger partial charge in [0.2, 0.25) is 0 Å². The van der Waals surface area contributed by atoms with Crippen molar-refractivity contribution in [1.29, 1.82) is 0 Å². The molecule has 0 N–H and O–H groups in total. The fourth-order valence-corrected chi connectivity index (χ4v) is 3.08. The van der Waals surface area contributed by atoms with Crippen LogP contribution in [0.15, 0.2) is 48.5 Å². The standard InChI is InChI=1S/C16H15Br/c1-16(2,17)15-13-9-5-3-7-11(13)12-8-4-6-10-14(12)15/h3-10,15H,1-2H3/i1D3,2D3. The van der Waals surface area contributed by atoms with Crippen molar-refractivity contribution in [1.82, 2.24) is 0 Å². The summed E-state index contributed by atoms with van der Waals surface area (Å²) in [5.74, 6) is -0.769. The summed E-state index contributed by atoms with van der Waals surface area (Å²) in [6.45, 7) is -5.40. The van der Waals surface area contributed by atoms with Gasteiger partial charge < -0.3 is 0 Å². The zero-order valence-corrected chi connectivity index (χ0v) is 10.7. The predicted molar refractivity (Wildman–Crippen MR) is 76.7 cm³/mol. The number of hydrogen-bond acceptors (Lipinski definition) is 0. The molecule has 0 spiro atoms. The summed E-state index contributed by atoms with van der Waals surface area (Å²) in [6.07, 6.45) is 0. The van der Waals surface area contributed by atoms with Gasteiger partial charge >= 0.3 is 0 Å². The van der Waals surface area contributed by atoms with Crippen LogP contribution < -0.4 is 0 Å². The molecule has 0 saturated heterocycles. The van der Waals surface area contributed by atoms with Gasteiger partial charge in [-0.25, -0.2) is 0 Å². The fraction of sp³-hybridized carbons (Fsp3) is 0.250. The van der Waals surface area contributed by atoms with Gasteiger partial charge in [-0.2, -0.15) is 0 Å². The van der Waals surface area contributed by atoms with E-state index in [1.807, 2.05) is 48.5 Å². The van der Waals surface area contributed by atoms with Crippen LogP contribution in [0, 0.1) is 0 Å². The van der Waals surface area contributed by atoms with E-state index in [9.17, 15) is 0 Å². The van der Waals surface area contributed by atoms with Gasteiger partial charge in [0.05, 0.1) is 0 Å². The second-order valence-electron chi connectivity index (χ2n) is 4.32. The lowest BCUT2D eigenvalue weighted by Crippen LogP contribution is -2.21. The van der Waals surface area contributed by atoms with Crippen molar-refractivity contribution < 1.29 is 8.22 Å². The monoisotopic (exact) mass is 292 g/mol. The molecule has 0 heterocycles. The molecule has 1 heteroatoms. The third kappa shape index (κ3) is 1.64. The van der Waals surface area contributed by atoms with Crippen molar-refractivity contribution in [2.45, 2.75) is 23.9 Å². The third-order valence-electron chi connectivity index (χ3n) is 3.23. The molecule has 0 bridgehead atoms. The van der Waals surface area contributed by atoms with Crippen LogP contribution in [-0.2, 0) is 0 Å². The first-order valence-corrected chi connectivity index (χ1v) is 6.25. The molecule has 3 rings (SSSR count). The second-order valence-corrected chi connectivity index (χ2v) is 5.57. The Kier molecular flexibility index (Phi) is 1.35. The van der Waals surface area contributed by atoms with Gasteiger partial charge in [-0.05, 0) is 36.0 Å². The van der Waals surface area contributed by atoms with Gasteiger partial charge in [0, 0.05) is 18.5 Å². The highest BCUT2D eigenvalue weighted by atomic mass is 79.9. The molecule has 86 valence electrons. The molecule has 0 unspecified atom stereocenters. The van der Waals surface area contributed by atoms with E-state index in [1.165, 1.54) is 0 Å². The van der Waals surface area contributed by atoms with Gasteiger partial charge in [-0.3, -0.25) is 0 Å². The summed E-state index contributed by atoms with van der Waals surface area (Å²) in [4.78, 5) is 0. The van der Waals surface area contributed by atoms with Gasteiger partial charge in [-0.1, -0.05) is 64.5 Å². The number of benzene rings is 2. The van der Waals surface area contributed by atoms with Gasteiger partial charge in [0.25, 0.3) is 0 Å². The zero-order chi connectivity index (χ0) is 17.0. The Labute approximate surface area is 119 Å². The van der Waals surface area contributed by atoms with Gasteiger partial charge in [0.15, 0.2) is 0 Å². The minimum absolute atomic E-state index is 0.734. The number of alkyl halides is 1. The average Bonchev–Trinajstić information content (AvgIpc) is 2.79. The molecule has 0 radical (unpaired) electrons. The fourth-order valence-electron chi connectivity index (χ4n) is 2.58. The number of halogens is 1. The van der Waals surface area contributed by atoms with E-state index in [0.29, 0.717) is 0 Å². The number of fused-ring (bicyclic) bond motifs is 3. The van der Waals surface area contributed by atoms with E-state index in [4.69, 9.17) is 8.22 Å². The molecule has 0 saturated carbocycles. The van der Waals surface area contributed by atoms with Crippen LogP contribution in [0.1, 0.15) is 39.0 Å². The predicted octanol–water partition coefficient (Wildman–Crippen LogP) is 4.97. The highest BCUT2D eigenvalue weighted by Gasteiger charge is 2.37. The highest BCUT2D eigenvalue weighted by Crippen LogP contribution is 2.51. The van der Waals surface area contributed by atoms with Crippen LogP contribution in [0.2, 0.25) is 0 Å². The lowest BCUT2D eigenvalue weighted by molar-refractivity contribution is 0.642. The van der Waals surface area contributed by atoms with Crippen molar-refractivity contribution in [3.05, 3.63) is 59.7 Å². The molecule has 0 aromatic heterocycles. The van der Waals surface area contributed by atoms with Gasteiger partial charge in [-0.15, -0.1) is 0 Å². The minimum atomic E-state index is -2.70. The average molecular weight is 293 g/mol. The molecule has 1 aliphatic rings. The van der Waals surface area contributed by atoms with Crippen LogP contribution >= 0.6 is 15.9 Å². The maximum atomic E-state index is 7.92. The molecular formula is C16H15Br. The van der Waals surface area contributed by atoms with Gasteiger partial charge in [0.1, 0.15) is 0 Å². The van der Waals surface area contributed by atoms with Crippen molar-refractivity contribution in [3.63, 3.8) is 0 Å². The van der Waals surface area contributed by atoms with Crippen LogP contribution in [-0.4, -0.2) is 4.32 Å². The number of rotatable bonds is 1.